The third-order valence-electron chi connectivity index (χ3n) is 3.69. The number of benzene rings is 1. The van der Waals surface area contributed by atoms with Crippen molar-refractivity contribution < 1.29 is 14.3 Å². The molecule has 0 aliphatic rings. The van der Waals surface area contributed by atoms with E-state index < -0.39 is 12.0 Å². The van der Waals surface area contributed by atoms with Crippen LogP contribution in [0.2, 0.25) is 0 Å². The first kappa shape index (κ1) is 18.9. The minimum atomic E-state index is -0.636. The van der Waals surface area contributed by atoms with Crippen LogP contribution in [0.25, 0.3) is 11.1 Å². The summed E-state index contributed by atoms with van der Waals surface area (Å²) in [5, 5.41) is 3.23. The highest BCUT2D eigenvalue weighted by Crippen LogP contribution is 2.39. The summed E-state index contributed by atoms with van der Waals surface area (Å²) in [5.41, 5.74) is 7.57. The van der Waals surface area contributed by atoms with E-state index in [0.29, 0.717) is 23.6 Å². The standard InChI is InChI=1S/C19H22N2O3S/c1-4-5-11-24-12(2)18(23)21-19-16(17(20)22)15(13(3)25-19)14-9-7-6-8-10-14/h4,6-10,12H,1,5,11H2,2-3H3,(H2,20,22)(H,21,23). The van der Waals surface area contributed by atoms with E-state index in [-0.39, 0.29) is 5.91 Å². The Morgan fingerprint density at radius 3 is 2.64 bits per heavy atom. The van der Waals surface area contributed by atoms with E-state index in [1.165, 1.54) is 11.3 Å². The van der Waals surface area contributed by atoms with Crippen LogP contribution < -0.4 is 11.1 Å². The summed E-state index contributed by atoms with van der Waals surface area (Å²) in [6.45, 7) is 7.60. The molecule has 1 heterocycles. The summed E-state index contributed by atoms with van der Waals surface area (Å²) >= 11 is 1.33. The predicted octanol–water partition coefficient (Wildman–Crippen LogP) is 3.74. The van der Waals surface area contributed by atoms with Gasteiger partial charge in [0.15, 0.2) is 0 Å². The zero-order valence-corrected chi connectivity index (χ0v) is 15.2. The lowest BCUT2D eigenvalue weighted by Crippen LogP contribution is -2.28. The maximum absolute atomic E-state index is 12.3. The zero-order chi connectivity index (χ0) is 18.4. The number of thiophene rings is 1. The molecule has 2 amide bonds. The minimum Gasteiger partial charge on any atom is -0.368 e. The first-order valence-corrected chi connectivity index (χ1v) is 8.79. The van der Waals surface area contributed by atoms with Gasteiger partial charge < -0.3 is 15.8 Å². The molecule has 0 saturated carbocycles. The fourth-order valence-corrected chi connectivity index (χ4v) is 3.52. The Morgan fingerprint density at radius 1 is 1.36 bits per heavy atom. The Labute approximate surface area is 151 Å². The van der Waals surface area contributed by atoms with Crippen molar-refractivity contribution in [1.29, 1.82) is 0 Å². The van der Waals surface area contributed by atoms with E-state index >= 15 is 0 Å². The molecule has 0 fully saturated rings. The lowest BCUT2D eigenvalue weighted by atomic mass is 10.0. The summed E-state index contributed by atoms with van der Waals surface area (Å²) in [6, 6.07) is 9.51. The first-order chi connectivity index (χ1) is 12.0. The van der Waals surface area contributed by atoms with Gasteiger partial charge in [0, 0.05) is 10.4 Å². The van der Waals surface area contributed by atoms with Crippen molar-refractivity contribution in [3.8, 4) is 11.1 Å². The third kappa shape index (κ3) is 4.55. The lowest BCUT2D eigenvalue weighted by Gasteiger charge is -2.13. The van der Waals surface area contributed by atoms with E-state index in [9.17, 15) is 9.59 Å². The molecule has 0 saturated heterocycles. The van der Waals surface area contributed by atoms with E-state index in [1.807, 2.05) is 37.3 Å². The second kappa shape index (κ2) is 8.60. The predicted molar refractivity (Wildman–Crippen MR) is 102 cm³/mol. The Kier molecular flexibility index (Phi) is 6.50. The van der Waals surface area contributed by atoms with Crippen molar-refractivity contribution in [3.63, 3.8) is 0 Å². The summed E-state index contributed by atoms with van der Waals surface area (Å²) in [4.78, 5) is 25.3. The van der Waals surface area contributed by atoms with Gasteiger partial charge in [0.1, 0.15) is 11.1 Å². The van der Waals surface area contributed by atoms with Gasteiger partial charge in [-0.05, 0) is 25.8 Å². The molecule has 1 aromatic carbocycles. The van der Waals surface area contributed by atoms with Gasteiger partial charge in [-0.3, -0.25) is 9.59 Å². The van der Waals surface area contributed by atoms with Gasteiger partial charge in [0.2, 0.25) is 0 Å². The fourth-order valence-electron chi connectivity index (χ4n) is 2.44. The van der Waals surface area contributed by atoms with E-state index in [1.54, 1.807) is 13.0 Å². The molecule has 0 aliphatic carbocycles. The first-order valence-electron chi connectivity index (χ1n) is 7.97. The average Bonchev–Trinajstić information content (AvgIpc) is 2.91. The number of anilines is 1. The molecular formula is C19H22N2O3S. The SMILES string of the molecule is C=CCCOC(C)C(=O)Nc1sc(C)c(-c2ccccc2)c1C(N)=O. The molecule has 5 nitrogen and oxygen atoms in total. The molecule has 0 radical (unpaired) electrons. The molecule has 0 bridgehead atoms. The quantitative estimate of drug-likeness (QED) is 0.557. The Bertz CT molecular complexity index is 768. The topological polar surface area (TPSA) is 81.4 Å². The molecule has 2 aromatic rings. The second-order valence-electron chi connectivity index (χ2n) is 5.55. The monoisotopic (exact) mass is 358 g/mol. The third-order valence-corrected chi connectivity index (χ3v) is 4.71. The summed E-state index contributed by atoms with van der Waals surface area (Å²) in [5.74, 6) is -0.883. The maximum atomic E-state index is 12.3. The summed E-state index contributed by atoms with van der Waals surface area (Å²) in [6.07, 6.45) is 1.76. The van der Waals surface area contributed by atoms with Crippen LogP contribution in [0.3, 0.4) is 0 Å². The highest BCUT2D eigenvalue weighted by atomic mass is 32.1. The average molecular weight is 358 g/mol. The molecule has 25 heavy (non-hydrogen) atoms. The fraction of sp³-hybridized carbons (Fsp3) is 0.263. The van der Waals surface area contributed by atoms with Crippen LogP contribution in [-0.4, -0.2) is 24.5 Å². The van der Waals surface area contributed by atoms with Gasteiger partial charge in [0.05, 0.1) is 12.2 Å². The van der Waals surface area contributed by atoms with Crippen molar-refractivity contribution >= 4 is 28.2 Å². The van der Waals surface area contributed by atoms with Crippen LogP contribution in [0.1, 0.15) is 28.6 Å². The normalized spacial score (nSPS) is 11.8. The van der Waals surface area contributed by atoms with Crippen LogP contribution in [0.4, 0.5) is 5.00 Å². The smallest absolute Gasteiger partial charge is 0.253 e. The minimum absolute atomic E-state index is 0.313. The van der Waals surface area contributed by atoms with Crippen molar-refractivity contribution in [2.45, 2.75) is 26.4 Å². The number of amides is 2. The molecule has 2 rings (SSSR count). The Balaban J connectivity index is 2.28. The van der Waals surface area contributed by atoms with Crippen molar-refractivity contribution in [2.24, 2.45) is 5.73 Å². The molecular weight excluding hydrogens is 336 g/mol. The highest BCUT2D eigenvalue weighted by molar-refractivity contribution is 7.17. The molecule has 6 heteroatoms. The van der Waals surface area contributed by atoms with Gasteiger partial charge in [-0.2, -0.15) is 0 Å². The van der Waals surface area contributed by atoms with E-state index in [2.05, 4.69) is 11.9 Å². The second-order valence-corrected chi connectivity index (χ2v) is 6.77. The molecule has 1 aromatic heterocycles. The van der Waals surface area contributed by atoms with Gasteiger partial charge in [-0.1, -0.05) is 36.4 Å². The number of hydrogen-bond acceptors (Lipinski definition) is 4. The lowest BCUT2D eigenvalue weighted by molar-refractivity contribution is -0.126. The molecule has 1 atom stereocenters. The maximum Gasteiger partial charge on any atom is 0.253 e. The molecule has 132 valence electrons. The number of rotatable bonds is 8. The Hall–Kier alpha value is -2.44. The van der Waals surface area contributed by atoms with Gasteiger partial charge in [-0.25, -0.2) is 0 Å². The van der Waals surface area contributed by atoms with Crippen molar-refractivity contribution in [2.75, 3.05) is 11.9 Å². The summed E-state index contributed by atoms with van der Waals surface area (Å²) < 4.78 is 5.44. The number of carbonyl (C=O) groups is 2. The number of carbonyl (C=O) groups excluding carboxylic acids is 2. The van der Waals surface area contributed by atoms with E-state index in [0.717, 1.165) is 16.0 Å². The largest absolute Gasteiger partial charge is 0.368 e. The van der Waals surface area contributed by atoms with Crippen LogP contribution in [0.5, 0.6) is 0 Å². The number of ether oxygens (including phenoxy) is 1. The summed E-state index contributed by atoms with van der Waals surface area (Å²) in [7, 11) is 0. The van der Waals surface area contributed by atoms with Crippen LogP contribution in [-0.2, 0) is 9.53 Å². The molecule has 3 N–H and O–H groups in total. The number of aryl methyl sites for hydroxylation is 1. The number of primary amides is 1. The Morgan fingerprint density at radius 2 is 2.04 bits per heavy atom. The van der Waals surface area contributed by atoms with Crippen LogP contribution >= 0.6 is 11.3 Å². The molecule has 0 aliphatic heterocycles. The zero-order valence-electron chi connectivity index (χ0n) is 14.4. The highest BCUT2D eigenvalue weighted by Gasteiger charge is 2.24. The van der Waals surface area contributed by atoms with Gasteiger partial charge >= 0.3 is 0 Å². The number of hydrogen-bond donors (Lipinski definition) is 2. The van der Waals surface area contributed by atoms with E-state index in [4.69, 9.17) is 10.5 Å². The van der Waals surface area contributed by atoms with Crippen LogP contribution in [0, 0.1) is 6.92 Å². The van der Waals surface area contributed by atoms with Crippen LogP contribution in [0.15, 0.2) is 43.0 Å². The molecule has 1 unspecified atom stereocenters. The molecule has 0 spiro atoms. The van der Waals surface area contributed by atoms with Gasteiger partial charge in [-0.15, -0.1) is 17.9 Å². The van der Waals surface area contributed by atoms with Crippen molar-refractivity contribution in [3.05, 3.63) is 53.4 Å². The van der Waals surface area contributed by atoms with Crippen molar-refractivity contribution in [1.82, 2.24) is 0 Å². The number of nitrogens with one attached hydrogen (secondary N) is 1. The number of nitrogens with two attached hydrogens (primary N) is 1. The van der Waals surface area contributed by atoms with Gasteiger partial charge in [0.25, 0.3) is 11.8 Å².